The van der Waals surface area contributed by atoms with Gasteiger partial charge in [-0.1, -0.05) is 12.5 Å². The Kier molecular flexibility index (Phi) is 4.27. The van der Waals surface area contributed by atoms with Crippen LogP contribution in [0.1, 0.15) is 36.0 Å². The molecule has 1 aliphatic rings. The molecule has 1 fully saturated rings. The molecule has 0 radical (unpaired) electrons. The number of ether oxygens (including phenoxy) is 1. The van der Waals surface area contributed by atoms with Crippen molar-refractivity contribution >= 4 is 11.9 Å². The summed E-state index contributed by atoms with van der Waals surface area (Å²) >= 11 is 0. The van der Waals surface area contributed by atoms with Crippen LogP contribution in [0.15, 0.2) is 24.3 Å². The topological polar surface area (TPSA) is 75.6 Å². The van der Waals surface area contributed by atoms with E-state index in [1.165, 1.54) is 0 Å². The van der Waals surface area contributed by atoms with E-state index in [0.717, 1.165) is 19.3 Å². The Labute approximate surface area is 117 Å². The Bertz CT molecular complexity index is 508. The van der Waals surface area contributed by atoms with E-state index in [0.29, 0.717) is 17.9 Å². The lowest BCUT2D eigenvalue weighted by atomic mass is 9.66. The van der Waals surface area contributed by atoms with Crippen LogP contribution in [-0.2, 0) is 4.79 Å². The molecule has 2 rings (SSSR count). The Hall–Kier alpha value is -2.04. The largest absolute Gasteiger partial charge is 0.497 e. The van der Waals surface area contributed by atoms with Gasteiger partial charge in [-0.2, -0.15) is 0 Å². The van der Waals surface area contributed by atoms with Gasteiger partial charge in [-0.3, -0.25) is 9.59 Å². The number of carboxylic acid groups (broad SMARTS) is 1. The molecule has 1 aromatic carbocycles. The van der Waals surface area contributed by atoms with Crippen LogP contribution in [0.3, 0.4) is 0 Å². The fourth-order valence-electron chi connectivity index (χ4n) is 2.55. The first-order valence-corrected chi connectivity index (χ1v) is 6.69. The van der Waals surface area contributed by atoms with Gasteiger partial charge >= 0.3 is 5.97 Å². The molecule has 0 atom stereocenters. The molecule has 0 aliphatic heterocycles. The van der Waals surface area contributed by atoms with Crippen LogP contribution >= 0.6 is 0 Å². The van der Waals surface area contributed by atoms with Crippen molar-refractivity contribution in [1.29, 1.82) is 0 Å². The summed E-state index contributed by atoms with van der Waals surface area (Å²) < 4.78 is 5.08. The molecule has 0 spiro atoms. The summed E-state index contributed by atoms with van der Waals surface area (Å²) in [6.45, 7) is 0.412. The van der Waals surface area contributed by atoms with Gasteiger partial charge < -0.3 is 15.2 Å². The van der Waals surface area contributed by atoms with Gasteiger partial charge in [0.1, 0.15) is 5.75 Å². The molecule has 0 aromatic heterocycles. The van der Waals surface area contributed by atoms with Crippen molar-refractivity contribution in [3.05, 3.63) is 29.8 Å². The van der Waals surface area contributed by atoms with Crippen LogP contribution in [0, 0.1) is 5.41 Å². The molecule has 0 bridgehead atoms. The Morgan fingerprint density at radius 3 is 2.70 bits per heavy atom. The van der Waals surface area contributed by atoms with Crippen molar-refractivity contribution in [2.45, 2.75) is 25.7 Å². The van der Waals surface area contributed by atoms with E-state index in [9.17, 15) is 9.59 Å². The van der Waals surface area contributed by atoms with Crippen molar-refractivity contribution in [2.75, 3.05) is 13.7 Å². The van der Waals surface area contributed by atoms with Gasteiger partial charge in [-0.05, 0) is 36.5 Å². The number of carboxylic acids is 1. The Morgan fingerprint density at radius 2 is 2.15 bits per heavy atom. The van der Waals surface area contributed by atoms with Gasteiger partial charge in [0.15, 0.2) is 0 Å². The lowest BCUT2D eigenvalue weighted by Gasteiger charge is -2.40. The minimum atomic E-state index is -0.805. The average molecular weight is 277 g/mol. The molecule has 1 saturated carbocycles. The zero-order valence-corrected chi connectivity index (χ0v) is 11.5. The smallest absolute Gasteiger partial charge is 0.303 e. The van der Waals surface area contributed by atoms with E-state index in [2.05, 4.69) is 5.32 Å². The van der Waals surface area contributed by atoms with Crippen LogP contribution in [0.4, 0.5) is 0 Å². The van der Waals surface area contributed by atoms with Crippen LogP contribution in [-0.4, -0.2) is 30.6 Å². The Balaban J connectivity index is 1.95. The summed E-state index contributed by atoms with van der Waals surface area (Å²) in [6.07, 6.45) is 2.86. The highest BCUT2D eigenvalue weighted by Crippen LogP contribution is 2.43. The van der Waals surface area contributed by atoms with Crippen molar-refractivity contribution in [3.8, 4) is 5.75 Å². The van der Waals surface area contributed by atoms with Gasteiger partial charge in [-0.25, -0.2) is 0 Å². The molecular weight excluding hydrogens is 258 g/mol. The first-order valence-electron chi connectivity index (χ1n) is 6.69. The summed E-state index contributed by atoms with van der Waals surface area (Å²) in [5.74, 6) is -0.373. The van der Waals surface area contributed by atoms with Crippen molar-refractivity contribution in [1.82, 2.24) is 5.32 Å². The van der Waals surface area contributed by atoms with Crippen molar-refractivity contribution < 1.29 is 19.4 Å². The first-order chi connectivity index (χ1) is 9.54. The molecule has 0 unspecified atom stereocenters. The lowest BCUT2D eigenvalue weighted by molar-refractivity contribution is -0.141. The number of rotatable bonds is 6. The molecule has 108 valence electrons. The number of methoxy groups -OCH3 is 1. The van der Waals surface area contributed by atoms with Crippen LogP contribution in [0.5, 0.6) is 5.75 Å². The highest BCUT2D eigenvalue weighted by atomic mass is 16.5. The second-order valence-electron chi connectivity index (χ2n) is 5.34. The molecule has 0 saturated heterocycles. The summed E-state index contributed by atoms with van der Waals surface area (Å²) in [7, 11) is 1.55. The van der Waals surface area contributed by atoms with E-state index >= 15 is 0 Å². The average Bonchev–Trinajstić information content (AvgIpc) is 2.41. The van der Waals surface area contributed by atoms with E-state index in [1.807, 2.05) is 0 Å². The van der Waals surface area contributed by atoms with Gasteiger partial charge in [0.05, 0.1) is 13.5 Å². The van der Waals surface area contributed by atoms with E-state index in [1.54, 1.807) is 31.4 Å². The maximum atomic E-state index is 12.1. The van der Waals surface area contributed by atoms with Crippen molar-refractivity contribution in [2.24, 2.45) is 5.41 Å². The zero-order valence-electron chi connectivity index (χ0n) is 11.5. The monoisotopic (exact) mass is 277 g/mol. The number of carbonyl (C=O) groups is 2. The van der Waals surface area contributed by atoms with E-state index < -0.39 is 5.97 Å². The van der Waals surface area contributed by atoms with Gasteiger partial charge in [0.2, 0.25) is 0 Å². The first kappa shape index (κ1) is 14.4. The minimum Gasteiger partial charge on any atom is -0.497 e. The predicted octanol–water partition coefficient (Wildman–Crippen LogP) is 2.07. The Morgan fingerprint density at radius 1 is 1.40 bits per heavy atom. The molecule has 0 heterocycles. The number of nitrogens with one attached hydrogen (secondary N) is 1. The number of hydrogen-bond acceptors (Lipinski definition) is 3. The molecule has 2 N–H and O–H groups in total. The standard InChI is InChI=1S/C15H19NO4/c1-20-12-5-2-4-11(8-12)14(19)16-10-15(6-3-7-15)9-13(17)18/h2,4-5,8H,3,6-7,9-10H2,1H3,(H,16,19)(H,17,18). The molecule has 20 heavy (non-hydrogen) atoms. The molecule has 5 heteroatoms. The van der Waals surface area contributed by atoms with Gasteiger partial charge in [0, 0.05) is 12.1 Å². The maximum Gasteiger partial charge on any atom is 0.303 e. The van der Waals surface area contributed by atoms with Crippen molar-refractivity contribution in [3.63, 3.8) is 0 Å². The normalized spacial score (nSPS) is 16.1. The zero-order chi connectivity index (χ0) is 14.6. The summed E-state index contributed by atoms with van der Waals surface area (Å²) in [5.41, 5.74) is 0.259. The molecule has 1 aromatic rings. The predicted molar refractivity (Wildman–Crippen MR) is 73.9 cm³/mol. The van der Waals surface area contributed by atoms with Crippen LogP contribution in [0.25, 0.3) is 0 Å². The maximum absolute atomic E-state index is 12.1. The summed E-state index contributed by atoms with van der Waals surface area (Å²) in [5, 5.41) is 11.8. The fourth-order valence-corrected chi connectivity index (χ4v) is 2.55. The molecule has 1 aliphatic carbocycles. The molecular formula is C15H19NO4. The highest BCUT2D eigenvalue weighted by molar-refractivity contribution is 5.94. The molecule has 5 nitrogen and oxygen atoms in total. The SMILES string of the molecule is COc1cccc(C(=O)NCC2(CC(=O)O)CCC2)c1. The third-order valence-corrected chi connectivity index (χ3v) is 3.90. The van der Waals surface area contributed by atoms with E-state index in [4.69, 9.17) is 9.84 Å². The minimum absolute atomic E-state index is 0.116. The highest BCUT2D eigenvalue weighted by Gasteiger charge is 2.39. The number of aliphatic carboxylic acids is 1. The fraction of sp³-hybridized carbons (Fsp3) is 0.467. The van der Waals surface area contributed by atoms with Crippen LogP contribution < -0.4 is 10.1 Å². The summed E-state index contributed by atoms with van der Waals surface area (Å²) in [4.78, 5) is 22.9. The van der Waals surface area contributed by atoms with E-state index in [-0.39, 0.29) is 17.7 Å². The quantitative estimate of drug-likeness (QED) is 0.834. The van der Waals surface area contributed by atoms with Crippen LogP contribution in [0.2, 0.25) is 0 Å². The second kappa shape index (κ2) is 5.94. The molecule has 1 amide bonds. The third-order valence-electron chi connectivity index (χ3n) is 3.90. The number of benzene rings is 1. The second-order valence-corrected chi connectivity index (χ2v) is 5.34. The van der Waals surface area contributed by atoms with Gasteiger partial charge in [-0.15, -0.1) is 0 Å². The van der Waals surface area contributed by atoms with Gasteiger partial charge in [0.25, 0.3) is 5.91 Å². The number of carbonyl (C=O) groups excluding carboxylic acids is 1. The number of amides is 1. The third kappa shape index (κ3) is 3.29. The number of hydrogen-bond donors (Lipinski definition) is 2. The lowest BCUT2D eigenvalue weighted by Crippen LogP contribution is -2.43. The summed E-state index contributed by atoms with van der Waals surface area (Å²) in [6, 6.07) is 6.90.